The molecule has 28 heavy (non-hydrogen) atoms. The summed E-state index contributed by atoms with van der Waals surface area (Å²) in [6.07, 6.45) is 6.52. The van der Waals surface area contributed by atoms with Gasteiger partial charge in [-0.2, -0.15) is 0 Å². The molecular formula is C20H23ClN6O. The van der Waals surface area contributed by atoms with Gasteiger partial charge < -0.3 is 16.4 Å². The first kappa shape index (κ1) is 18.7. The van der Waals surface area contributed by atoms with Crippen LogP contribution in [0.1, 0.15) is 31.2 Å². The highest BCUT2D eigenvalue weighted by Crippen LogP contribution is 2.30. The van der Waals surface area contributed by atoms with Crippen LogP contribution in [0.25, 0.3) is 16.9 Å². The summed E-state index contributed by atoms with van der Waals surface area (Å²) in [6.45, 7) is 0. The van der Waals surface area contributed by atoms with E-state index in [1.807, 2.05) is 41.0 Å². The summed E-state index contributed by atoms with van der Waals surface area (Å²) < 4.78 is 1.86. The molecule has 2 aliphatic rings. The predicted molar refractivity (Wildman–Crippen MR) is 112 cm³/mol. The average molecular weight is 399 g/mol. The molecule has 2 aromatic heterocycles. The number of carbonyl (C=O) groups excluding carboxylic acids is 1. The largest absolute Gasteiger partial charge is 0.366 e. The molecule has 1 fully saturated rings. The van der Waals surface area contributed by atoms with Gasteiger partial charge in [-0.1, -0.05) is 12.1 Å². The standard InChI is InChI=1S/C20H22N6O.ClH/c21-14-3-5-15(6-4-14)23-18-7-8-19-22-11-17(26(19)25-18)13-2-1-12-10-20(27)24-16(12)9-13;/h1-2,7-9,11,14-15H,3-6,10,21H2,(H,23,25)(H,24,27);1H. The van der Waals surface area contributed by atoms with Gasteiger partial charge in [0, 0.05) is 23.3 Å². The first-order valence-electron chi connectivity index (χ1n) is 9.46. The van der Waals surface area contributed by atoms with Crippen molar-refractivity contribution in [2.45, 2.75) is 44.2 Å². The monoisotopic (exact) mass is 398 g/mol. The molecule has 146 valence electrons. The van der Waals surface area contributed by atoms with Crippen molar-refractivity contribution in [2.24, 2.45) is 5.73 Å². The number of anilines is 2. The minimum absolute atomic E-state index is 0. The van der Waals surface area contributed by atoms with Crippen LogP contribution in [0.5, 0.6) is 0 Å². The van der Waals surface area contributed by atoms with E-state index in [0.29, 0.717) is 18.5 Å². The molecule has 7 nitrogen and oxygen atoms in total. The highest BCUT2D eigenvalue weighted by molar-refractivity contribution is 5.99. The van der Waals surface area contributed by atoms with Crippen LogP contribution in [-0.2, 0) is 11.2 Å². The predicted octanol–water partition coefficient (Wildman–Crippen LogP) is 2.99. The van der Waals surface area contributed by atoms with Crippen LogP contribution in [-0.4, -0.2) is 32.6 Å². The first-order valence-corrected chi connectivity index (χ1v) is 9.46. The number of hydrogen-bond donors (Lipinski definition) is 3. The second-order valence-corrected chi connectivity index (χ2v) is 7.48. The maximum absolute atomic E-state index is 11.6. The van der Waals surface area contributed by atoms with Gasteiger partial charge in [-0.3, -0.25) is 4.79 Å². The lowest BCUT2D eigenvalue weighted by Crippen LogP contribution is -2.33. The second-order valence-electron chi connectivity index (χ2n) is 7.48. The van der Waals surface area contributed by atoms with Gasteiger partial charge >= 0.3 is 0 Å². The number of nitrogens with zero attached hydrogens (tertiary/aromatic N) is 3. The smallest absolute Gasteiger partial charge is 0.228 e. The third-order valence-corrected chi connectivity index (χ3v) is 5.52. The Morgan fingerprint density at radius 1 is 1.14 bits per heavy atom. The number of nitrogens with two attached hydrogens (primary N) is 1. The number of halogens is 1. The molecule has 5 rings (SSSR count). The van der Waals surface area contributed by atoms with Crippen molar-refractivity contribution in [3.05, 3.63) is 42.1 Å². The van der Waals surface area contributed by atoms with Crippen LogP contribution in [0.3, 0.4) is 0 Å². The molecular weight excluding hydrogens is 376 g/mol. The lowest BCUT2D eigenvalue weighted by atomic mass is 9.92. The molecule has 3 aromatic rings. The zero-order valence-corrected chi connectivity index (χ0v) is 16.2. The number of benzene rings is 1. The maximum atomic E-state index is 11.6. The Balaban J connectivity index is 0.00000192. The van der Waals surface area contributed by atoms with E-state index in [1.54, 1.807) is 0 Å². The Hall–Kier alpha value is -2.64. The van der Waals surface area contributed by atoms with Crippen molar-refractivity contribution in [3.63, 3.8) is 0 Å². The van der Waals surface area contributed by atoms with Crippen LogP contribution >= 0.6 is 12.4 Å². The van der Waals surface area contributed by atoms with E-state index in [2.05, 4.69) is 15.6 Å². The number of hydrogen-bond acceptors (Lipinski definition) is 5. The Morgan fingerprint density at radius 3 is 2.79 bits per heavy atom. The number of carbonyl (C=O) groups is 1. The lowest BCUT2D eigenvalue weighted by Gasteiger charge is -2.27. The maximum Gasteiger partial charge on any atom is 0.228 e. The minimum atomic E-state index is 0. The van der Waals surface area contributed by atoms with E-state index in [1.165, 1.54) is 0 Å². The first-order chi connectivity index (χ1) is 13.2. The second kappa shape index (κ2) is 7.41. The zero-order chi connectivity index (χ0) is 18.4. The number of aromatic nitrogens is 3. The summed E-state index contributed by atoms with van der Waals surface area (Å²) >= 11 is 0. The zero-order valence-electron chi connectivity index (χ0n) is 15.4. The number of nitrogens with one attached hydrogen (secondary N) is 2. The van der Waals surface area contributed by atoms with Crippen molar-refractivity contribution < 1.29 is 4.79 Å². The number of rotatable bonds is 3. The third-order valence-electron chi connectivity index (χ3n) is 5.52. The molecule has 4 N–H and O–H groups in total. The van der Waals surface area contributed by atoms with Gasteiger partial charge in [0.15, 0.2) is 5.65 Å². The molecule has 8 heteroatoms. The fraction of sp³-hybridized carbons (Fsp3) is 0.350. The molecule has 1 saturated carbocycles. The minimum Gasteiger partial charge on any atom is -0.366 e. The Bertz CT molecular complexity index is 1020. The fourth-order valence-electron chi connectivity index (χ4n) is 3.99. The summed E-state index contributed by atoms with van der Waals surface area (Å²) in [4.78, 5) is 16.1. The van der Waals surface area contributed by atoms with Crippen LogP contribution in [0, 0.1) is 0 Å². The molecule has 0 bridgehead atoms. The van der Waals surface area contributed by atoms with Crippen LogP contribution in [0.15, 0.2) is 36.5 Å². The molecule has 1 amide bonds. The molecule has 0 saturated heterocycles. The van der Waals surface area contributed by atoms with Crippen molar-refractivity contribution in [1.82, 2.24) is 14.6 Å². The Kier molecular flexibility index (Phi) is 4.95. The van der Waals surface area contributed by atoms with E-state index in [9.17, 15) is 4.79 Å². The summed E-state index contributed by atoms with van der Waals surface area (Å²) in [5.74, 6) is 0.883. The SMILES string of the molecule is Cl.NC1CCC(Nc2ccc3ncc(-c4ccc5c(c4)NC(=O)C5)n3n2)CC1. The van der Waals surface area contributed by atoms with Crippen molar-refractivity contribution in [2.75, 3.05) is 10.6 Å². The van der Waals surface area contributed by atoms with Crippen LogP contribution in [0.4, 0.5) is 11.5 Å². The molecule has 1 aromatic carbocycles. The Labute approximate surface area is 169 Å². The summed E-state index contributed by atoms with van der Waals surface area (Å²) in [5.41, 5.74) is 10.6. The highest BCUT2D eigenvalue weighted by atomic mass is 35.5. The Morgan fingerprint density at radius 2 is 1.96 bits per heavy atom. The summed E-state index contributed by atoms with van der Waals surface area (Å²) in [7, 11) is 0. The summed E-state index contributed by atoms with van der Waals surface area (Å²) in [6, 6.07) is 10.7. The van der Waals surface area contributed by atoms with Crippen molar-refractivity contribution in [3.8, 4) is 11.3 Å². The fourth-order valence-corrected chi connectivity index (χ4v) is 3.99. The van der Waals surface area contributed by atoms with Crippen LogP contribution < -0.4 is 16.4 Å². The molecule has 3 heterocycles. The third kappa shape index (κ3) is 3.43. The van der Waals surface area contributed by atoms with E-state index >= 15 is 0 Å². The summed E-state index contributed by atoms with van der Waals surface area (Å²) in [5, 5.41) is 11.2. The number of amides is 1. The van der Waals surface area contributed by atoms with E-state index < -0.39 is 0 Å². The average Bonchev–Trinajstić information content (AvgIpc) is 3.25. The number of imidazole rings is 1. The molecule has 1 aliphatic carbocycles. The molecule has 0 radical (unpaired) electrons. The van der Waals surface area contributed by atoms with Crippen molar-refractivity contribution >= 4 is 35.5 Å². The molecule has 1 aliphatic heterocycles. The molecule has 0 atom stereocenters. The van der Waals surface area contributed by atoms with Gasteiger partial charge in [-0.05, 0) is 49.4 Å². The van der Waals surface area contributed by atoms with E-state index in [4.69, 9.17) is 10.8 Å². The van der Waals surface area contributed by atoms with Gasteiger partial charge in [0.2, 0.25) is 5.91 Å². The topological polar surface area (TPSA) is 97.3 Å². The van der Waals surface area contributed by atoms with Gasteiger partial charge in [0.05, 0.1) is 18.3 Å². The van der Waals surface area contributed by atoms with Crippen molar-refractivity contribution in [1.29, 1.82) is 0 Å². The molecule has 0 spiro atoms. The van der Waals surface area contributed by atoms with E-state index in [0.717, 1.165) is 59.7 Å². The highest BCUT2D eigenvalue weighted by Gasteiger charge is 2.20. The normalized spacial score (nSPS) is 21.1. The lowest BCUT2D eigenvalue weighted by molar-refractivity contribution is -0.115. The van der Waals surface area contributed by atoms with Gasteiger partial charge in [-0.25, -0.2) is 9.50 Å². The van der Waals surface area contributed by atoms with E-state index in [-0.39, 0.29) is 18.3 Å². The quantitative estimate of drug-likeness (QED) is 0.630. The van der Waals surface area contributed by atoms with Gasteiger partial charge in [-0.15, -0.1) is 17.5 Å². The molecule has 0 unspecified atom stereocenters. The van der Waals surface area contributed by atoms with Gasteiger partial charge in [0.25, 0.3) is 0 Å². The van der Waals surface area contributed by atoms with Crippen LogP contribution in [0.2, 0.25) is 0 Å². The number of fused-ring (bicyclic) bond motifs is 2. The van der Waals surface area contributed by atoms with Gasteiger partial charge in [0.1, 0.15) is 5.82 Å².